The van der Waals surface area contributed by atoms with Gasteiger partial charge in [-0.05, 0) is 6.92 Å². The Morgan fingerprint density at radius 2 is 1.68 bits per heavy atom. The molecule has 0 saturated heterocycles. The van der Waals surface area contributed by atoms with Crippen LogP contribution in [-0.2, 0) is 9.47 Å². The van der Waals surface area contributed by atoms with E-state index in [0.29, 0.717) is 5.19 Å². The van der Waals surface area contributed by atoms with Crippen molar-refractivity contribution in [2.24, 2.45) is 0 Å². The zero-order valence-corrected chi connectivity index (χ0v) is 11.5. The van der Waals surface area contributed by atoms with Crippen LogP contribution in [0.5, 0.6) is 0 Å². The lowest BCUT2D eigenvalue weighted by Gasteiger charge is -2.25. The van der Waals surface area contributed by atoms with Gasteiger partial charge in [-0.25, -0.2) is 0 Å². The fraction of sp³-hybridized carbons (Fsp3) is 0.455. The first-order valence-electron chi connectivity index (χ1n) is 5.54. The SMILES string of the molecule is CCOC(OC(F)(F)C(F)(F)F)[SiH2]c1ccccc1. The molecule has 1 atom stereocenters. The third kappa shape index (κ3) is 4.88. The summed E-state index contributed by atoms with van der Waals surface area (Å²) < 4.78 is 70.4. The second-order valence-electron chi connectivity index (χ2n) is 3.71. The molecule has 0 aliphatic heterocycles. The van der Waals surface area contributed by atoms with Gasteiger partial charge < -0.3 is 4.74 Å². The van der Waals surface area contributed by atoms with Crippen LogP contribution >= 0.6 is 0 Å². The van der Waals surface area contributed by atoms with Crippen LogP contribution in [0.1, 0.15) is 6.92 Å². The van der Waals surface area contributed by atoms with Crippen LogP contribution in [0.25, 0.3) is 0 Å². The summed E-state index contributed by atoms with van der Waals surface area (Å²) in [6, 6.07) is 8.36. The quantitative estimate of drug-likeness (QED) is 0.454. The van der Waals surface area contributed by atoms with Crippen LogP contribution in [0.4, 0.5) is 22.0 Å². The Labute approximate surface area is 109 Å². The minimum Gasteiger partial charge on any atom is -0.357 e. The Morgan fingerprint density at radius 1 is 1.11 bits per heavy atom. The van der Waals surface area contributed by atoms with E-state index in [4.69, 9.17) is 4.74 Å². The summed E-state index contributed by atoms with van der Waals surface area (Å²) in [5.74, 6) is -1.52. The van der Waals surface area contributed by atoms with Gasteiger partial charge >= 0.3 is 12.3 Å². The molecule has 0 saturated carbocycles. The van der Waals surface area contributed by atoms with E-state index in [9.17, 15) is 22.0 Å². The van der Waals surface area contributed by atoms with Gasteiger partial charge in [0.15, 0.2) is 0 Å². The topological polar surface area (TPSA) is 18.5 Å². The van der Waals surface area contributed by atoms with E-state index < -0.39 is 27.7 Å². The molecule has 19 heavy (non-hydrogen) atoms. The van der Waals surface area contributed by atoms with E-state index in [1.807, 2.05) is 0 Å². The first kappa shape index (κ1) is 16.1. The van der Waals surface area contributed by atoms with Crippen LogP contribution in [0, 0.1) is 0 Å². The molecule has 108 valence electrons. The van der Waals surface area contributed by atoms with Crippen molar-refractivity contribution in [3.63, 3.8) is 0 Å². The molecular weight excluding hydrogens is 287 g/mol. The van der Waals surface area contributed by atoms with Crippen molar-refractivity contribution in [2.45, 2.75) is 25.1 Å². The number of halogens is 5. The highest BCUT2D eigenvalue weighted by Gasteiger charge is 2.60. The van der Waals surface area contributed by atoms with Crippen LogP contribution in [0.15, 0.2) is 30.3 Å². The molecule has 2 nitrogen and oxygen atoms in total. The van der Waals surface area contributed by atoms with Crippen LogP contribution < -0.4 is 5.19 Å². The standard InChI is InChI=1S/C11H13F5O2Si/c1-2-17-9(18-11(15,16)10(12,13)14)19-8-6-4-3-5-7-8/h3-7,9H,2,19H2,1H3. The number of benzene rings is 1. The van der Waals surface area contributed by atoms with Gasteiger partial charge in [0.1, 0.15) is 15.4 Å². The van der Waals surface area contributed by atoms with Crippen molar-refractivity contribution in [3.05, 3.63) is 30.3 Å². The molecular formula is C11H13F5O2Si. The van der Waals surface area contributed by atoms with E-state index in [1.54, 1.807) is 30.3 Å². The molecule has 0 spiro atoms. The Morgan fingerprint density at radius 3 is 2.16 bits per heavy atom. The molecule has 1 unspecified atom stereocenters. The predicted molar refractivity (Wildman–Crippen MR) is 62.1 cm³/mol. The predicted octanol–water partition coefficient (Wildman–Crippen LogP) is 1.97. The summed E-state index contributed by atoms with van der Waals surface area (Å²) in [5, 5.41) is 0.680. The molecule has 0 aliphatic carbocycles. The van der Waals surface area contributed by atoms with Crippen LogP contribution in [-0.4, -0.2) is 34.3 Å². The molecule has 1 rings (SSSR count). The second-order valence-corrected chi connectivity index (χ2v) is 5.60. The highest BCUT2D eigenvalue weighted by molar-refractivity contribution is 6.54. The minimum absolute atomic E-state index is 0.00155. The average Bonchev–Trinajstić information content (AvgIpc) is 2.28. The normalized spacial score (nSPS) is 15.1. The van der Waals surface area contributed by atoms with Gasteiger partial charge in [-0.2, -0.15) is 22.0 Å². The zero-order chi connectivity index (χ0) is 14.5. The molecule has 0 radical (unpaired) electrons. The average molecular weight is 300 g/mol. The maximum atomic E-state index is 12.8. The molecule has 0 amide bonds. The minimum atomic E-state index is -5.74. The van der Waals surface area contributed by atoms with E-state index in [-0.39, 0.29) is 6.61 Å². The molecule has 0 aromatic heterocycles. The van der Waals surface area contributed by atoms with E-state index >= 15 is 0 Å². The number of rotatable bonds is 6. The first-order chi connectivity index (χ1) is 8.76. The third-order valence-corrected chi connectivity index (χ3v) is 3.89. The summed E-state index contributed by atoms with van der Waals surface area (Å²) in [6.45, 7) is 1.50. The fourth-order valence-electron chi connectivity index (χ4n) is 1.36. The number of hydrogen-bond donors (Lipinski definition) is 0. The van der Waals surface area contributed by atoms with E-state index in [2.05, 4.69) is 4.74 Å². The molecule has 0 bridgehead atoms. The fourth-order valence-corrected chi connectivity index (χ4v) is 2.93. The summed E-state index contributed by atoms with van der Waals surface area (Å²) in [7, 11) is -1.57. The van der Waals surface area contributed by atoms with Gasteiger partial charge in [0.25, 0.3) is 0 Å². The van der Waals surface area contributed by atoms with Crippen molar-refractivity contribution < 1.29 is 31.4 Å². The summed E-state index contributed by atoms with van der Waals surface area (Å²) in [4.78, 5) is 0. The second kappa shape index (κ2) is 6.44. The molecule has 0 aliphatic rings. The summed E-state index contributed by atoms with van der Waals surface area (Å²) in [6.07, 6.45) is -10.9. The summed E-state index contributed by atoms with van der Waals surface area (Å²) >= 11 is 0. The van der Waals surface area contributed by atoms with Crippen molar-refractivity contribution in [2.75, 3.05) is 6.61 Å². The first-order valence-corrected chi connectivity index (χ1v) is 7.06. The van der Waals surface area contributed by atoms with Crippen molar-refractivity contribution in [3.8, 4) is 0 Å². The molecule has 8 heteroatoms. The third-order valence-electron chi connectivity index (χ3n) is 2.21. The molecule has 0 heterocycles. The van der Waals surface area contributed by atoms with Crippen LogP contribution in [0.3, 0.4) is 0 Å². The van der Waals surface area contributed by atoms with Crippen molar-refractivity contribution in [1.82, 2.24) is 0 Å². The van der Waals surface area contributed by atoms with Crippen molar-refractivity contribution in [1.29, 1.82) is 0 Å². The number of ether oxygens (including phenoxy) is 2. The molecule has 1 aromatic rings. The lowest BCUT2D eigenvalue weighted by Crippen LogP contribution is -2.46. The highest BCUT2D eigenvalue weighted by Crippen LogP contribution is 2.37. The van der Waals surface area contributed by atoms with Gasteiger partial charge in [0.2, 0.25) is 0 Å². The highest BCUT2D eigenvalue weighted by atomic mass is 28.2. The maximum Gasteiger partial charge on any atom is 0.483 e. The van der Waals surface area contributed by atoms with Gasteiger partial charge in [0.05, 0.1) is 0 Å². The monoisotopic (exact) mass is 300 g/mol. The van der Waals surface area contributed by atoms with Gasteiger partial charge in [-0.1, -0.05) is 35.5 Å². The number of alkyl halides is 5. The Hall–Kier alpha value is -0.993. The van der Waals surface area contributed by atoms with E-state index in [0.717, 1.165) is 0 Å². The zero-order valence-electron chi connectivity index (χ0n) is 10.1. The van der Waals surface area contributed by atoms with Crippen LogP contribution in [0.2, 0.25) is 0 Å². The Balaban J connectivity index is 2.73. The van der Waals surface area contributed by atoms with E-state index in [1.165, 1.54) is 6.92 Å². The Kier molecular flexibility index (Phi) is 5.45. The summed E-state index contributed by atoms with van der Waals surface area (Å²) in [5.41, 5.74) is 0. The smallest absolute Gasteiger partial charge is 0.357 e. The maximum absolute atomic E-state index is 12.8. The largest absolute Gasteiger partial charge is 0.483 e. The molecule has 0 N–H and O–H groups in total. The van der Waals surface area contributed by atoms with Gasteiger partial charge in [-0.15, -0.1) is 0 Å². The van der Waals surface area contributed by atoms with Gasteiger partial charge in [-0.3, -0.25) is 4.74 Å². The molecule has 1 aromatic carbocycles. The lowest BCUT2D eigenvalue weighted by molar-refractivity contribution is -0.412. The Bertz CT molecular complexity index is 382. The molecule has 0 fully saturated rings. The lowest BCUT2D eigenvalue weighted by atomic mass is 10.4. The number of hydrogen-bond acceptors (Lipinski definition) is 2. The van der Waals surface area contributed by atoms with Crippen molar-refractivity contribution >= 4 is 14.7 Å². The van der Waals surface area contributed by atoms with Gasteiger partial charge in [0, 0.05) is 6.61 Å².